The minimum Gasteiger partial charge on any atom is -0.360 e. The third-order valence-corrected chi connectivity index (χ3v) is 3.66. The Labute approximate surface area is 148 Å². The molecule has 0 saturated carbocycles. The highest BCUT2D eigenvalue weighted by atomic mass is 16.5. The molecule has 3 heterocycles. The monoisotopic (exact) mass is 346 g/mol. The Morgan fingerprint density at radius 3 is 2.77 bits per heavy atom. The summed E-state index contributed by atoms with van der Waals surface area (Å²) in [5.74, 6) is 1.26. The lowest BCUT2D eigenvalue weighted by Crippen LogP contribution is -2.14. The molecule has 0 aliphatic heterocycles. The minimum atomic E-state index is -0.357. The molecule has 4 aromatic rings. The van der Waals surface area contributed by atoms with E-state index in [9.17, 15) is 4.79 Å². The van der Waals surface area contributed by atoms with E-state index in [4.69, 9.17) is 4.52 Å². The van der Waals surface area contributed by atoms with E-state index in [1.165, 1.54) is 12.4 Å². The van der Waals surface area contributed by atoms with Gasteiger partial charge < -0.3 is 15.2 Å². The molecule has 4 rings (SSSR count). The lowest BCUT2D eigenvalue weighted by atomic mass is 10.2. The third-order valence-electron chi connectivity index (χ3n) is 3.66. The summed E-state index contributed by atoms with van der Waals surface area (Å²) in [5.41, 5.74) is 1.55. The molecule has 0 spiro atoms. The minimum absolute atomic E-state index is 0.218. The number of hydrogen-bond acceptors (Lipinski definition) is 7. The van der Waals surface area contributed by atoms with Gasteiger partial charge in [-0.1, -0.05) is 23.4 Å². The lowest BCUT2D eigenvalue weighted by molar-refractivity contribution is 0.102. The van der Waals surface area contributed by atoms with E-state index in [0.29, 0.717) is 28.6 Å². The van der Waals surface area contributed by atoms with Crippen LogP contribution >= 0.6 is 0 Å². The Morgan fingerprint density at radius 1 is 1.04 bits per heavy atom. The maximum absolute atomic E-state index is 12.6. The second kappa shape index (κ2) is 6.60. The van der Waals surface area contributed by atoms with Crippen LogP contribution in [0.2, 0.25) is 0 Å². The number of nitrogens with one attached hydrogen (secondary N) is 2. The first kappa shape index (κ1) is 15.7. The van der Waals surface area contributed by atoms with Gasteiger partial charge in [0.15, 0.2) is 5.82 Å². The van der Waals surface area contributed by atoms with Gasteiger partial charge in [0.2, 0.25) is 0 Å². The van der Waals surface area contributed by atoms with Crippen LogP contribution < -0.4 is 10.6 Å². The topological polar surface area (TPSA) is 106 Å². The van der Waals surface area contributed by atoms with Crippen molar-refractivity contribution in [1.82, 2.24) is 20.1 Å². The average molecular weight is 346 g/mol. The summed E-state index contributed by atoms with van der Waals surface area (Å²) in [4.78, 5) is 25.0. The second-order valence-corrected chi connectivity index (χ2v) is 5.57. The number of fused-ring (bicyclic) bond motifs is 1. The molecule has 26 heavy (non-hydrogen) atoms. The smallest absolute Gasteiger partial charge is 0.274 e. The van der Waals surface area contributed by atoms with Crippen LogP contribution in [0.15, 0.2) is 59.5 Å². The molecular weight excluding hydrogens is 332 g/mol. The van der Waals surface area contributed by atoms with Gasteiger partial charge in [-0.3, -0.25) is 9.78 Å². The number of amides is 1. The molecule has 128 valence electrons. The molecule has 0 fully saturated rings. The van der Waals surface area contributed by atoms with E-state index in [1.807, 2.05) is 24.3 Å². The van der Waals surface area contributed by atoms with Gasteiger partial charge in [-0.2, -0.15) is 0 Å². The highest BCUT2D eigenvalue weighted by Gasteiger charge is 2.12. The Balaban J connectivity index is 1.57. The zero-order valence-corrected chi connectivity index (χ0v) is 13.8. The molecule has 0 aliphatic rings. The maximum Gasteiger partial charge on any atom is 0.274 e. The second-order valence-electron chi connectivity index (χ2n) is 5.57. The van der Waals surface area contributed by atoms with E-state index in [1.54, 1.807) is 25.3 Å². The Kier molecular flexibility index (Phi) is 3.98. The van der Waals surface area contributed by atoms with E-state index in [-0.39, 0.29) is 11.6 Å². The number of carbonyl (C=O) groups excluding carboxylic acids is 1. The zero-order chi connectivity index (χ0) is 17.9. The number of aryl methyl sites for hydroxylation is 1. The summed E-state index contributed by atoms with van der Waals surface area (Å²) in [7, 11) is 0. The molecule has 8 nitrogen and oxygen atoms in total. The van der Waals surface area contributed by atoms with E-state index in [0.717, 1.165) is 5.39 Å². The van der Waals surface area contributed by atoms with Crippen molar-refractivity contribution in [3.05, 3.63) is 66.4 Å². The van der Waals surface area contributed by atoms with Crippen LogP contribution in [-0.4, -0.2) is 26.0 Å². The number of nitrogens with zero attached hydrogens (tertiary/aromatic N) is 4. The van der Waals surface area contributed by atoms with E-state index < -0.39 is 0 Å². The van der Waals surface area contributed by atoms with Crippen molar-refractivity contribution in [2.24, 2.45) is 0 Å². The van der Waals surface area contributed by atoms with Crippen LogP contribution in [0.25, 0.3) is 10.9 Å². The standard InChI is InChI=1S/C18H14N6O2/c1-11-8-16(24-26-11)23-15-9-14(20-10-21-15)18(25)22-13-6-2-4-12-5-3-7-19-17(12)13/h2-10H,1H3,(H,22,25)(H,20,21,23,24). The molecule has 0 saturated heterocycles. The molecule has 0 unspecified atom stereocenters. The summed E-state index contributed by atoms with van der Waals surface area (Å²) in [6.45, 7) is 1.79. The zero-order valence-electron chi connectivity index (χ0n) is 13.8. The molecule has 1 aromatic carbocycles. The van der Waals surface area contributed by atoms with Crippen molar-refractivity contribution in [2.75, 3.05) is 10.6 Å². The first-order chi connectivity index (χ1) is 12.7. The number of aromatic nitrogens is 4. The molecular formula is C18H14N6O2. The van der Waals surface area contributed by atoms with Gasteiger partial charge in [-0.05, 0) is 19.1 Å². The molecule has 3 aromatic heterocycles. The fourth-order valence-electron chi connectivity index (χ4n) is 2.50. The molecule has 0 aliphatic carbocycles. The molecule has 2 N–H and O–H groups in total. The van der Waals surface area contributed by atoms with E-state index in [2.05, 4.69) is 30.7 Å². The Morgan fingerprint density at radius 2 is 1.92 bits per heavy atom. The molecule has 0 radical (unpaired) electrons. The SMILES string of the molecule is Cc1cc(Nc2cc(C(=O)Nc3cccc4cccnc34)ncn2)no1. The average Bonchev–Trinajstić information content (AvgIpc) is 3.07. The fourth-order valence-corrected chi connectivity index (χ4v) is 2.50. The predicted octanol–water partition coefficient (Wildman–Crippen LogP) is 3.32. The normalized spacial score (nSPS) is 10.7. The lowest BCUT2D eigenvalue weighted by Gasteiger charge is -2.08. The largest absolute Gasteiger partial charge is 0.360 e. The van der Waals surface area contributed by atoms with Crippen molar-refractivity contribution < 1.29 is 9.32 Å². The summed E-state index contributed by atoms with van der Waals surface area (Å²) >= 11 is 0. The number of rotatable bonds is 4. The van der Waals surface area contributed by atoms with E-state index >= 15 is 0 Å². The van der Waals surface area contributed by atoms with Crippen LogP contribution in [0.5, 0.6) is 0 Å². The first-order valence-corrected chi connectivity index (χ1v) is 7.86. The van der Waals surface area contributed by atoms with Crippen LogP contribution in [0.4, 0.5) is 17.3 Å². The summed E-state index contributed by atoms with van der Waals surface area (Å²) in [6, 6.07) is 12.6. The summed E-state index contributed by atoms with van der Waals surface area (Å²) in [6.07, 6.45) is 3.00. The number of benzene rings is 1. The van der Waals surface area contributed by atoms with Gasteiger partial charge in [0.25, 0.3) is 5.91 Å². The van der Waals surface area contributed by atoms with Crippen molar-refractivity contribution in [3.8, 4) is 0 Å². The van der Waals surface area contributed by atoms with Crippen molar-refractivity contribution in [3.63, 3.8) is 0 Å². The highest BCUT2D eigenvalue weighted by Crippen LogP contribution is 2.21. The van der Waals surface area contributed by atoms with Gasteiger partial charge >= 0.3 is 0 Å². The van der Waals surface area contributed by atoms with Crippen LogP contribution in [0, 0.1) is 6.92 Å². The van der Waals surface area contributed by atoms with Gasteiger partial charge in [0.1, 0.15) is 23.6 Å². The number of anilines is 3. The highest BCUT2D eigenvalue weighted by molar-refractivity contribution is 6.07. The number of para-hydroxylation sites is 1. The molecule has 8 heteroatoms. The number of carbonyl (C=O) groups is 1. The van der Waals surface area contributed by atoms with Crippen molar-refractivity contribution in [2.45, 2.75) is 6.92 Å². The summed E-state index contributed by atoms with van der Waals surface area (Å²) < 4.78 is 4.99. The van der Waals surface area contributed by atoms with Gasteiger partial charge in [-0.15, -0.1) is 0 Å². The van der Waals surface area contributed by atoms with Crippen molar-refractivity contribution in [1.29, 1.82) is 0 Å². The van der Waals surface area contributed by atoms with Crippen LogP contribution in [0.3, 0.4) is 0 Å². The quantitative estimate of drug-likeness (QED) is 0.584. The molecule has 0 atom stereocenters. The first-order valence-electron chi connectivity index (χ1n) is 7.86. The molecule has 0 bridgehead atoms. The number of hydrogen-bond donors (Lipinski definition) is 2. The van der Waals surface area contributed by atoms with Crippen LogP contribution in [0.1, 0.15) is 16.2 Å². The van der Waals surface area contributed by atoms with Crippen molar-refractivity contribution >= 4 is 34.1 Å². The Bertz CT molecular complexity index is 1090. The Hall–Kier alpha value is -3.81. The fraction of sp³-hybridized carbons (Fsp3) is 0.0556. The predicted molar refractivity (Wildman–Crippen MR) is 96.3 cm³/mol. The third kappa shape index (κ3) is 3.20. The van der Waals surface area contributed by atoms with Gasteiger partial charge in [0.05, 0.1) is 11.2 Å². The molecule has 1 amide bonds. The summed E-state index contributed by atoms with van der Waals surface area (Å²) in [5, 5.41) is 10.6. The van der Waals surface area contributed by atoms with Crippen LogP contribution in [-0.2, 0) is 0 Å². The maximum atomic E-state index is 12.6. The number of pyridine rings is 1. The van der Waals surface area contributed by atoms with Gasteiger partial charge in [-0.25, -0.2) is 9.97 Å². The van der Waals surface area contributed by atoms with Gasteiger partial charge in [0, 0.05) is 23.7 Å².